The summed E-state index contributed by atoms with van der Waals surface area (Å²) in [6, 6.07) is 7.86. The first kappa shape index (κ1) is 12.0. The number of aromatic nitrogens is 2. The van der Waals surface area contributed by atoms with Crippen molar-refractivity contribution < 1.29 is 4.74 Å². The van der Waals surface area contributed by atoms with Crippen molar-refractivity contribution in [2.45, 2.75) is 13.3 Å². The highest BCUT2D eigenvalue weighted by Gasteiger charge is 2.03. The Bertz CT molecular complexity index is 488. The standard InChI is InChI=1S/C13H13BrN2O/c1-10-8-12(14)13(16-9-10)17-7-5-11-4-2-3-6-15-11/h2-4,6,8-9H,5,7H2,1H3. The molecule has 0 aliphatic rings. The van der Waals surface area contributed by atoms with Crippen LogP contribution in [0.5, 0.6) is 5.88 Å². The van der Waals surface area contributed by atoms with E-state index < -0.39 is 0 Å². The lowest BCUT2D eigenvalue weighted by atomic mass is 10.3. The molecule has 0 N–H and O–H groups in total. The minimum absolute atomic E-state index is 0.575. The summed E-state index contributed by atoms with van der Waals surface area (Å²) in [6.45, 7) is 2.57. The average Bonchev–Trinajstić information content (AvgIpc) is 2.33. The van der Waals surface area contributed by atoms with Crippen molar-refractivity contribution in [1.29, 1.82) is 0 Å². The Labute approximate surface area is 109 Å². The van der Waals surface area contributed by atoms with E-state index in [0.717, 1.165) is 22.2 Å². The van der Waals surface area contributed by atoms with Crippen molar-refractivity contribution in [1.82, 2.24) is 9.97 Å². The molecule has 2 aromatic rings. The van der Waals surface area contributed by atoms with Gasteiger partial charge in [0.15, 0.2) is 0 Å². The average molecular weight is 293 g/mol. The van der Waals surface area contributed by atoms with E-state index in [4.69, 9.17) is 4.74 Å². The molecule has 0 bridgehead atoms. The van der Waals surface area contributed by atoms with Crippen molar-refractivity contribution >= 4 is 15.9 Å². The zero-order valence-electron chi connectivity index (χ0n) is 9.56. The third kappa shape index (κ3) is 3.53. The van der Waals surface area contributed by atoms with Crippen molar-refractivity contribution in [3.63, 3.8) is 0 Å². The fourth-order valence-electron chi connectivity index (χ4n) is 1.43. The van der Waals surface area contributed by atoms with Gasteiger partial charge in [0, 0.05) is 24.5 Å². The van der Waals surface area contributed by atoms with Crippen LogP contribution in [0.25, 0.3) is 0 Å². The van der Waals surface area contributed by atoms with Gasteiger partial charge in [0.05, 0.1) is 11.1 Å². The highest BCUT2D eigenvalue weighted by atomic mass is 79.9. The molecule has 0 amide bonds. The Morgan fingerprint density at radius 1 is 1.29 bits per heavy atom. The molecular formula is C13H13BrN2O. The summed E-state index contributed by atoms with van der Waals surface area (Å²) in [5.74, 6) is 0.631. The lowest BCUT2D eigenvalue weighted by molar-refractivity contribution is 0.306. The smallest absolute Gasteiger partial charge is 0.227 e. The molecule has 2 aromatic heterocycles. The number of aryl methyl sites for hydroxylation is 1. The molecule has 2 rings (SSSR count). The maximum Gasteiger partial charge on any atom is 0.227 e. The van der Waals surface area contributed by atoms with Crippen molar-refractivity contribution in [3.05, 3.63) is 52.4 Å². The Hall–Kier alpha value is -1.42. The Kier molecular flexibility index (Phi) is 4.09. The molecule has 0 saturated heterocycles. The molecule has 0 radical (unpaired) electrons. The second-order valence-electron chi connectivity index (χ2n) is 3.72. The molecule has 0 spiro atoms. The molecule has 88 valence electrons. The minimum Gasteiger partial charge on any atom is -0.476 e. The van der Waals surface area contributed by atoms with Crippen molar-refractivity contribution in [3.8, 4) is 5.88 Å². The first-order valence-electron chi connectivity index (χ1n) is 5.40. The molecule has 3 nitrogen and oxygen atoms in total. The van der Waals surface area contributed by atoms with E-state index in [0.29, 0.717) is 12.5 Å². The zero-order valence-corrected chi connectivity index (χ0v) is 11.1. The van der Waals surface area contributed by atoms with Crippen LogP contribution in [-0.2, 0) is 6.42 Å². The number of pyridine rings is 2. The third-order valence-electron chi connectivity index (χ3n) is 2.27. The summed E-state index contributed by atoms with van der Waals surface area (Å²) in [6.07, 6.45) is 4.36. The molecular weight excluding hydrogens is 280 g/mol. The molecule has 0 atom stereocenters. The predicted octanol–water partition coefficient (Wildman–Crippen LogP) is 3.17. The molecule has 17 heavy (non-hydrogen) atoms. The topological polar surface area (TPSA) is 35.0 Å². The second-order valence-corrected chi connectivity index (χ2v) is 4.57. The van der Waals surface area contributed by atoms with Crippen molar-refractivity contribution in [2.24, 2.45) is 0 Å². The van der Waals surface area contributed by atoms with Crippen LogP contribution in [0.15, 0.2) is 41.1 Å². The van der Waals surface area contributed by atoms with Crippen LogP contribution in [0, 0.1) is 6.92 Å². The molecule has 2 heterocycles. The van der Waals surface area contributed by atoms with E-state index in [1.807, 2.05) is 31.2 Å². The van der Waals surface area contributed by atoms with Gasteiger partial charge in [0.25, 0.3) is 0 Å². The first-order valence-corrected chi connectivity index (χ1v) is 6.20. The van der Waals surface area contributed by atoms with Gasteiger partial charge in [-0.15, -0.1) is 0 Å². The summed E-state index contributed by atoms with van der Waals surface area (Å²) in [5.41, 5.74) is 2.13. The fraction of sp³-hybridized carbons (Fsp3) is 0.231. The Balaban J connectivity index is 1.90. The molecule has 0 aliphatic carbocycles. The molecule has 0 unspecified atom stereocenters. The molecule has 0 aromatic carbocycles. The van der Waals surface area contributed by atoms with Crippen molar-refractivity contribution in [2.75, 3.05) is 6.61 Å². The highest BCUT2D eigenvalue weighted by molar-refractivity contribution is 9.10. The third-order valence-corrected chi connectivity index (χ3v) is 2.84. The minimum atomic E-state index is 0.575. The summed E-state index contributed by atoms with van der Waals surface area (Å²) >= 11 is 3.43. The summed E-state index contributed by atoms with van der Waals surface area (Å²) in [7, 11) is 0. The van der Waals surface area contributed by atoms with Crippen LogP contribution in [-0.4, -0.2) is 16.6 Å². The number of hydrogen-bond acceptors (Lipinski definition) is 3. The van der Waals surface area contributed by atoms with E-state index in [-0.39, 0.29) is 0 Å². The summed E-state index contributed by atoms with van der Waals surface area (Å²) in [5, 5.41) is 0. The molecule has 0 fully saturated rings. The van der Waals surface area contributed by atoms with E-state index in [9.17, 15) is 0 Å². The van der Waals surface area contributed by atoms with Gasteiger partial charge in [-0.25, -0.2) is 4.98 Å². The van der Waals surface area contributed by atoms with Gasteiger partial charge in [-0.3, -0.25) is 4.98 Å². The molecule has 0 aliphatic heterocycles. The van der Waals surface area contributed by atoms with E-state index >= 15 is 0 Å². The number of hydrogen-bond donors (Lipinski definition) is 0. The summed E-state index contributed by atoms with van der Waals surface area (Å²) in [4.78, 5) is 8.45. The Morgan fingerprint density at radius 2 is 2.18 bits per heavy atom. The number of halogens is 1. The maximum absolute atomic E-state index is 5.60. The monoisotopic (exact) mass is 292 g/mol. The van der Waals surface area contributed by atoms with Gasteiger partial charge in [-0.2, -0.15) is 0 Å². The normalized spacial score (nSPS) is 10.2. The van der Waals surface area contributed by atoms with E-state index in [2.05, 4.69) is 25.9 Å². The van der Waals surface area contributed by atoms with Crippen LogP contribution >= 0.6 is 15.9 Å². The SMILES string of the molecule is Cc1cnc(OCCc2ccccn2)c(Br)c1. The van der Waals surface area contributed by atoms with Crippen LogP contribution < -0.4 is 4.74 Å². The van der Waals surface area contributed by atoms with Crippen LogP contribution in [0.1, 0.15) is 11.3 Å². The van der Waals surface area contributed by atoms with Gasteiger partial charge in [-0.05, 0) is 46.6 Å². The lowest BCUT2D eigenvalue weighted by Crippen LogP contribution is -2.04. The highest BCUT2D eigenvalue weighted by Crippen LogP contribution is 2.22. The number of nitrogens with zero attached hydrogens (tertiary/aromatic N) is 2. The van der Waals surface area contributed by atoms with Gasteiger partial charge >= 0.3 is 0 Å². The predicted molar refractivity (Wildman–Crippen MR) is 70.1 cm³/mol. The van der Waals surface area contributed by atoms with Gasteiger partial charge in [0.2, 0.25) is 5.88 Å². The van der Waals surface area contributed by atoms with Gasteiger partial charge < -0.3 is 4.74 Å². The van der Waals surface area contributed by atoms with E-state index in [1.54, 1.807) is 12.4 Å². The zero-order chi connectivity index (χ0) is 12.1. The number of rotatable bonds is 4. The Morgan fingerprint density at radius 3 is 2.88 bits per heavy atom. The van der Waals surface area contributed by atoms with Gasteiger partial charge in [0.1, 0.15) is 0 Å². The first-order chi connectivity index (χ1) is 8.25. The van der Waals surface area contributed by atoms with Crippen LogP contribution in [0.2, 0.25) is 0 Å². The quantitative estimate of drug-likeness (QED) is 0.868. The molecule has 4 heteroatoms. The lowest BCUT2D eigenvalue weighted by Gasteiger charge is -2.07. The fourth-order valence-corrected chi connectivity index (χ4v) is 2.00. The van der Waals surface area contributed by atoms with Crippen LogP contribution in [0.3, 0.4) is 0 Å². The largest absolute Gasteiger partial charge is 0.476 e. The van der Waals surface area contributed by atoms with E-state index in [1.165, 1.54) is 0 Å². The maximum atomic E-state index is 5.60. The van der Waals surface area contributed by atoms with Gasteiger partial charge in [-0.1, -0.05) is 6.07 Å². The number of ether oxygens (including phenoxy) is 1. The summed E-state index contributed by atoms with van der Waals surface area (Å²) < 4.78 is 6.49. The second kappa shape index (κ2) is 5.77. The van der Waals surface area contributed by atoms with Crippen LogP contribution in [0.4, 0.5) is 0 Å². The molecule has 0 saturated carbocycles.